The summed E-state index contributed by atoms with van der Waals surface area (Å²) in [6, 6.07) is 6.80. The zero-order chi connectivity index (χ0) is 13.6. The second-order valence-electron chi connectivity index (χ2n) is 4.05. The molecule has 17 heavy (non-hydrogen) atoms. The minimum Gasteiger partial charge on any atom is -0.328 e. The van der Waals surface area contributed by atoms with Crippen LogP contribution in [0.5, 0.6) is 0 Å². The molecule has 0 fully saturated rings. The fourth-order valence-electron chi connectivity index (χ4n) is 1.30. The molecule has 1 rings (SSSR count). The van der Waals surface area contributed by atoms with Crippen LogP contribution in [0.15, 0.2) is 18.2 Å². The van der Waals surface area contributed by atoms with Gasteiger partial charge in [-0.3, -0.25) is 9.11 Å². The number of aryl methyl sites for hydroxylation is 2. The van der Waals surface area contributed by atoms with E-state index in [2.05, 4.69) is 32.0 Å². The van der Waals surface area contributed by atoms with E-state index >= 15 is 0 Å². The number of rotatable bonds is 2. The molecule has 0 spiro atoms. The zero-order valence-corrected chi connectivity index (χ0v) is 11.0. The Morgan fingerprint density at radius 1 is 1.24 bits per heavy atom. The number of nitrogens with two attached hydrogens (primary N) is 1. The van der Waals surface area contributed by atoms with Gasteiger partial charge in [0.25, 0.3) is 0 Å². The maximum atomic E-state index is 8.74. The normalized spacial score (nSPS) is 12.6. The van der Waals surface area contributed by atoms with Crippen LogP contribution in [-0.4, -0.2) is 23.6 Å². The van der Waals surface area contributed by atoms with Crippen LogP contribution in [0.3, 0.4) is 0 Å². The highest BCUT2D eigenvalue weighted by atomic mass is 32.3. The summed E-state index contributed by atoms with van der Waals surface area (Å²) in [7, 11) is -4.67. The minimum absolute atomic E-state index is 0.257. The van der Waals surface area contributed by atoms with Gasteiger partial charge in [-0.05, 0) is 43.9 Å². The fraction of sp³-hybridized carbons (Fsp3) is 0.455. The van der Waals surface area contributed by atoms with Gasteiger partial charge in [0.05, 0.1) is 0 Å². The third-order valence-corrected chi connectivity index (χ3v) is 2.13. The highest BCUT2D eigenvalue weighted by molar-refractivity contribution is 7.79. The van der Waals surface area contributed by atoms with Crippen LogP contribution < -0.4 is 5.73 Å². The molecule has 6 heteroatoms. The molecule has 0 heterocycles. The van der Waals surface area contributed by atoms with Crippen molar-refractivity contribution in [1.29, 1.82) is 0 Å². The average molecular weight is 261 g/mol. The van der Waals surface area contributed by atoms with E-state index in [1.807, 2.05) is 6.92 Å². The first-order valence-electron chi connectivity index (χ1n) is 5.11. The maximum Gasteiger partial charge on any atom is 0.394 e. The molecule has 0 aromatic heterocycles. The van der Waals surface area contributed by atoms with Crippen molar-refractivity contribution in [3.63, 3.8) is 0 Å². The van der Waals surface area contributed by atoms with Crippen molar-refractivity contribution in [3.8, 4) is 0 Å². The summed E-state index contributed by atoms with van der Waals surface area (Å²) in [5, 5.41) is 0. The predicted octanol–water partition coefficient (Wildman–Crippen LogP) is 1.54. The molecule has 0 aliphatic heterocycles. The van der Waals surface area contributed by atoms with Gasteiger partial charge >= 0.3 is 10.4 Å². The molecule has 4 N–H and O–H groups in total. The van der Waals surface area contributed by atoms with E-state index in [0.717, 1.165) is 6.42 Å². The fourth-order valence-corrected chi connectivity index (χ4v) is 1.30. The minimum atomic E-state index is -4.67. The molecule has 0 radical (unpaired) electrons. The summed E-state index contributed by atoms with van der Waals surface area (Å²) in [4.78, 5) is 0. The van der Waals surface area contributed by atoms with Gasteiger partial charge in [-0.25, -0.2) is 0 Å². The molecular weight excluding hydrogens is 242 g/mol. The summed E-state index contributed by atoms with van der Waals surface area (Å²) in [5.74, 6) is 0. The van der Waals surface area contributed by atoms with Crippen molar-refractivity contribution < 1.29 is 17.5 Å². The van der Waals surface area contributed by atoms with Gasteiger partial charge in [0.1, 0.15) is 0 Å². The molecule has 1 unspecified atom stereocenters. The summed E-state index contributed by atoms with van der Waals surface area (Å²) in [5.41, 5.74) is 9.76. The van der Waals surface area contributed by atoms with Crippen LogP contribution in [0, 0.1) is 13.8 Å². The molecule has 0 bridgehead atoms. The molecule has 0 amide bonds. The van der Waals surface area contributed by atoms with Gasteiger partial charge in [-0.2, -0.15) is 8.42 Å². The average Bonchev–Trinajstić information content (AvgIpc) is 2.07. The lowest BCUT2D eigenvalue weighted by atomic mass is 10.0. The number of hydrogen-bond acceptors (Lipinski definition) is 3. The van der Waals surface area contributed by atoms with E-state index in [0.29, 0.717) is 0 Å². The Morgan fingerprint density at radius 2 is 1.71 bits per heavy atom. The second kappa shape index (κ2) is 6.70. The van der Waals surface area contributed by atoms with Crippen LogP contribution in [-0.2, 0) is 16.8 Å². The predicted molar refractivity (Wildman–Crippen MR) is 67.4 cm³/mol. The van der Waals surface area contributed by atoms with Crippen molar-refractivity contribution in [2.24, 2.45) is 5.73 Å². The van der Waals surface area contributed by atoms with Crippen LogP contribution in [0.1, 0.15) is 23.6 Å². The van der Waals surface area contributed by atoms with Crippen molar-refractivity contribution in [2.45, 2.75) is 33.2 Å². The first kappa shape index (κ1) is 16.1. The Bertz CT molecular complexity index is 447. The molecule has 0 aliphatic rings. The van der Waals surface area contributed by atoms with E-state index in [1.165, 1.54) is 16.7 Å². The summed E-state index contributed by atoms with van der Waals surface area (Å²) >= 11 is 0. The highest BCUT2D eigenvalue weighted by Gasteiger charge is 1.98. The van der Waals surface area contributed by atoms with Gasteiger partial charge in [0, 0.05) is 6.04 Å². The zero-order valence-electron chi connectivity index (χ0n) is 10.2. The van der Waals surface area contributed by atoms with Gasteiger partial charge in [-0.15, -0.1) is 0 Å². The van der Waals surface area contributed by atoms with Crippen LogP contribution in [0.2, 0.25) is 0 Å². The Kier molecular flexibility index (Phi) is 6.33. The van der Waals surface area contributed by atoms with Crippen LogP contribution in [0.25, 0.3) is 0 Å². The summed E-state index contributed by atoms with van der Waals surface area (Å²) in [6.07, 6.45) is 0.973. The SMILES string of the molecule is Cc1ccc(CC(C)N)cc1C.O=S(=O)(O)O. The van der Waals surface area contributed by atoms with Crippen LogP contribution >= 0.6 is 0 Å². The summed E-state index contributed by atoms with van der Waals surface area (Å²) < 4.78 is 31.6. The lowest BCUT2D eigenvalue weighted by Crippen LogP contribution is -2.17. The molecular formula is C11H19NO4S. The van der Waals surface area contributed by atoms with E-state index in [9.17, 15) is 0 Å². The smallest absolute Gasteiger partial charge is 0.328 e. The molecule has 1 aromatic rings. The number of hydrogen-bond donors (Lipinski definition) is 3. The second-order valence-corrected chi connectivity index (χ2v) is 4.94. The first-order chi connectivity index (χ1) is 7.59. The van der Waals surface area contributed by atoms with Crippen molar-refractivity contribution in [3.05, 3.63) is 34.9 Å². The lowest BCUT2D eigenvalue weighted by Gasteiger charge is -2.07. The third-order valence-electron chi connectivity index (χ3n) is 2.13. The molecule has 0 saturated heterocycles. The molecule has 0 aliphatic carbocycles. The molecule has 98 valence electrons. The topological polar surface area (TPSA) is 101 Å². The molecule has 0 saturated carbocycles. The molecule has 5 nitrogen and oxygen atoms in total. The first-order valence-corrected chi connectivity index (χ1v) is 6.51. The Labute approximate surface area is 102 Å². The quantitative estimate of drug-likeness (QED) is 0.701. The molecule has 1 atom stereocenters. The third kappa shape index (κ3) is 9.95. The number of benzene rings is 1. The van der Waals surface area contributed by atoms with Gasteiger partial charge in [0.15, 0.2) is 0 Å². The Hall–Kier alpha value is -0.950. The van der Waals surface area contributed by atoms with Gasteiger partial charge < -0.3 is 5.73 Å². The van der Waals surface area contributed by atoms with Crippen molar-refractivity contribution in [1.82, 2.24) is 0 Å². The Balaban J connectivity index is 0.000000437. The van der Waals surface area contributed by atoms with Gasteiger partial charge in [-0.1, -0.05) is 18.2 Å². The largest absolute Gasteiger partial charge is 0.394 e. The van der Waals surface area contributed by atoms with Gasteiger partial charge in [0.2, 0.25) is 0 Å². The molecule has 1 aromatic carbocycles. The van der Waals surface area contributed by atoms with Crippen molar-refractivity contribution in [2.75, 3.05) is 0 Å². The van der Waals surface area contributed by atoms with E-state index in [-0.39, 0.29) is 6.04 Å². The monoisotopic (exact) mass is 261 g/mol. The van der Waals surface area contributed by atoms with E-state index in [1.54, 1.807) is 0 Å². The highest BCUT2D eigenvalue weighted by Crippen LogP contribution is 2.10. The lowest BCUT2D eigenvalue weighted by molar-refractivity contribution is 0.381. The van der Waals surface area contributed by atoms with Crippen molar-refractivity contribution >= 4 is 10.4 Å². The summed E-state index contributed by atoms with van der Waals surface area (Å²) in [6.45, 7) is 6.31. The maximum absolute atomic E-state index is 8.74. The van der Waals surface area contributed by atoms with Crippen LogP contribution in [0.4, 0.5) is 0 Å². The van der Waals surface area contributed by atoms with E-state index in [4.69, 9.17) is 23.3 Å². The van der Waals surface area contributed by atoms with E-state index < -0.39 is 10.4 Å². The Morgan fingerprint density at radius 3 is 2.06 bits per heavy atom. The standard InChI is InChI=1S/C11H17N.H2O4S/c1-8-4-5-11(6-9(8)2)7-10(3)12;1-5(2,3)4/h4-6,10H,7,12H2,1-3H3;(H2,1,2,3,4).